The van der Waals surface area contributed by atoms with Crippen LogP contribution in [-0.2, 0) is 4.74 Å². The Morgan fingerprint density at radius 1 is 1.36 bits per heavy atom. The molecule has 1 aromatic heterocycles. The fraction of sp³-hybridized carbons (Fsp3) is 0.440. The molecule has 1 unspecified atom stereocenters. The first-order chi connectivity index (χ1) is 17.1. The number of anilines is 1. The van der Waals surface area contributed by atoms with E-state index in [1.165, 1.54) is 24.4 Å². The number of nitrogens with one attached hydrogen (secondary N) is 1. The van der Waals surface area contributed by atoms with Gasteiger partial charge in [-0.05, 0) is 50.3 Å². The molecule has 1 aromatic carbocycles. The number of primary amides is 1. The lowest BCUT2D eigenvalue weighted by atomic mass is 9.97. The second-order valence-corrected chi connectivity index (χ2v) is 9.40. The number of halogens is 2. The van der Waals surface area contributed by atoms with Gasteiger partial charge in [-0.15, -0.1) is 0 Å². The number of nitrogens with zero attached hydrogens (tertiary/aromatic N) is 3. The molecule has 190 valence electrons. The van der Waals surface area contributed by atoms with Gasteiger partial charge in [-0.2, -0.15) is 14.0 Å². The van der Waals surface area contributed by atoms with Crippen molar-refractivity contribution >= 4 is 17.7 Å². The highest BCUT2D eigenvalue weighted by Gasteiger charge is 2.40. The average Bonchev–Trinajstić information content (AvgIpc) is 3.60. The number of benzene rings is 1. The second kappa shape index (κ2) is 9.97. The zero-order valence-corrected chi connectivity index (χ0v) is 20.0. The molecule has 1 saturated heterocycles. The van der Waals surface area contributed by atoms with Crippen LogP contribution in [0, 0.1) is 17.2 Å². The normalized spacial score (nSPS) is 20.1. The van der Waals surface area contributed by atoms with E-state index in [0.717, 1.165) is 12.8 Å². The Morgan fingerprint density at radius 3 is 2.75 bits per heavy atom. The molecule has 2 aliphatic rings. The number of rotatable bonds is 8. The van der Waals surface area contributed by atoms with E-state index in [1.807, 2.05) is 17.9 Å². The molecule has 0 radical (unpaired) electrons. The van der Waals surface area contributed by atoms with Gasteiger partial charge in [0.05, 0.1) is 17.8 Å². The standard InChI is InChI=1S/C25H27F2N5O4/c1-14(15-6-7-15)31-22(33)18-12-30-19(11-28)20(16-4-3-5-17(10-16)35-23(26)27)21(18)32-9-8-25(2,13-32)36-24(29)34/h3-5,10,12,14-15,23H,6-9,13H2,1-2H3,(H2,29,34)(H,31,33)/t14-,25?/m0/s1. The Hall–Kier alpha value is -3.94. The molecule has 2 amide bonds. The third-order valence-electron chi connectivity index (χ3n) is 6.54. The Labute approximate surface area is 207 Å². The van der Waals surface area contributed by atoms with Crippen molar-refractivity contribution < 1.29 is 27.8 Å². The van der Waals surface area contributed by atoms with Crippen LogP contribution in [0.2, 0.25) is 0 Å². The van der Waals surface area contributed by atoms with Crippen LogP contribution in [0.4, 0.5) is 19.3 Å². The molecule has 2 fully saturated rings. The fourth-order valence-corrected chi connectivity index (χ4v) is 4.63. The van der Waals surface area contributed by atoms with E-state index >= 15 is 0 Å². The van der Waals surface area contributed by atoms with Crippen molar-refractivity contribution in [2.75, 3.05) is 18.0 Å². The summed E-state index contributed by atoms with van der Waals surface area (Å²) in [6.45, 7) is 1.22. The molecule has 2 atom stereocenters. The number of alkyl halides is 2. The number of nitrogens with two attached hydrogens (primary N) is 1. The highest BCUT2D eigenvalue weighted by molar-refractivity contribution is 6.04. The van der Waals surface area contributed by atoms with Crippen LogP contribution in [0.3, 0.4) is 0 Å². The summed E-state index contributed by atoms with van der Waals surface area (Å²) >= 11 is 0. The van der Waals surface area contributed by atoms with Crippen molar-refractivity contribution in [3.63, 3.8) is 0 Å². The van der Waals surface area contributed by atoms with E-state index in [9.17, 15) is 23.6 Å². The predicted molar refractivity (Wildman–Crippen MR) is 127 cm³/mol. The fourth-order valence-electron chi connectivity index (χ4n) is 4.63. The summed E-state index contributed by atoms with van der Waals surface area (Å²) in [7, 11) is 0. The molecular formula is C25H27F2N5O4. The van der Waals surface area contributed by atoms with E-state index in [0.29, 0.717) is 35.7 Å². The van der Waals surface area contributed by atoms with Crippen LogP contribution in [-0.4, -0.2) is 48.3 Å². The van der Waals surface area contributed by atoms with Crippen molar-refractivity contribution in [2.45, 2.75) is 51.4 Å². The lowest BCUT2D eigenvalue weighted by Crippen LogP contribution is -2.39. The van der Waals surface area contributed by atoms with E-state index < -0.39 is 18.3 Å². The molecule has 4 rings (SSSR count). The molecule has 1 aliphatic carbocycles. The van der Waals surface area contributed by atoms with Gasteiger partial charge in [0.2, 0.25) is 0 Å². The monoisotopic (exact) mass is 499 g/mol. The minimum Gasteiger partial charge on any atom is -0.441 e. The van der Waals surface area contributed by atoms with Gasteiger partial charge < -0.3 is 25.4 Å². The van der Waals surface area contributed by atoms with E-state index in [4.69, 9.17) is 10.5 Å². The number of aromatic nitrogens is 1. The molecule has 2 aromatic rings. The Kier molecular flexibility index (Phi) is 6.97. The SMILES string of the molecule is C[C@H](NC(=O)c1cnc(C#N)c(-c2cccc(OC(F)F)c2)c1N1CCC(C)(OC(N)=O)C1)C1CC1. The van der Waals surface area contributed by atoms with Crippen LogP contribution in [0.1, 0.15) is 49.2 Å². The van der Waals surface area contributed by atoms with Crippen molar-refractivity contribution in [3.05, 3.63) is 41.7 Å². The van der Waals surface area contributed by atoms with Gasteiger partial charge >= 0.3 is 12.7 Å². The third kappa shape index (κ3) is 5.48. The van der Waals surface area contributed by atoms with E-state index in [2.05, 4.69) is 15.0 Å². The Bertz CT molecular complexity index is 1210. The number of nitriles is 1. The highest BCUT2D eigenvalue weighted by atomic mass is 19.3. The molecular weight excluding hydrogens is 472 g/mol. The minimum absolute atomic E-state index is 0.00964. The zero-order valence-electron chi connectivity index (χ0n) is 20.0. The van der Waals surface area contributed by atoms with Crippen molar-refractivity contribution in [2.24, 2.45) is 11.7 Å². The lowest BCUT2D eigenvalue weighted by molar-refractivity contribution is -0.0498. The number of carbonyl (C=O) groups is 2. The van der Waals surface area contributed by atoms with Gasteiger partial charge in [0.25, 0.3) is 5.91 Å². The first kappa shape index (κ1) is 25.2. The van der Waals surface area contributed by atoms with Gasteiger partial charge in [-0.1, -0.05) is 12.1 Å². The van der Waals surface area contributed by atoms with Crippen LogP contribution < -0.4 is 20.7 Å². The quantitative estimate of drug-likeness (QED) is 0.565. The molecule has 36 heavy (non-hydrogen) atoms. The molecule has 0 spiro atoms. The molecule has 9 nitrogen and oxygen atoms in total. The first-order valence-corrected chi connectivity index (χ1v) is 11.6. The van der Waals surface area contributed by atoms with Gasteiger partial charge in [0, 0.05) is 30.8 Å². The molecule has 3 N–H and O–H groups in total. The van der Waals surface area contributed by atoms with E-state index in [-0.39, 0.29) is 35.5 Å². The summed E-state index contributed by atoms with van der Waals surface area (Å²) in [6, 6.07) is 7.89. The van der Waals surface area contributed by atoms with E-state index in [1.54, 1.807) is 13.0 Å². The molecule has 1 saturated carbocycles. The summed E-state index contributed by atoms with van der Waals surface area (Å²) in [5, 5.41) is 12.9. The lowest BCUT2D eigenvalue weighted by Gasteiger charge is -2.28. The molecule has 2 heterocycles. The van der Waals surface area contributed by atoms with Gasteiger partial charge in [-0.25, -0.2) is 9.78 Å². The van der Waals surface area contributed by atoms with Gasteiger partial charge in [-0.3, -0.25) is 4.79 Å². The number of pyridine rings is 1. The summed E-state index contributed by atoms with van der Waals surface area (Å²) in [5.41, 5.74) is 5.64. The Balaban J connectivity index is 1.84. The topological polar surface area (TPSA) is 131 Å². The van der Waals surface area contributed by atoms with Crippen molar-refractivity contribution in [1.82, 2.24) is 10.3 Å². The second-order valence-electron chi connectivity index (χ2n) is 9.40. The minimum atomic E-state index is -3.03. The maximum absolute atomic E-state index is 13.4. The number of hydrogen-bond acceptors (Lipinski definition) is 7. The van der Waals surface area contributed by atoms with Crippen molar-refractivity contribution in [3.8, 4) is 22.9 Å². The number of hydrogen-bond donors (Lipinski definition) is 2. The highest BCUT2D eigenvalue weighted by Crippen LogP contribution is 2.41. The Morgan fingerprint density at radius 2 is 2.11 bits per heavy atom. The van der Waals surface area contributed by atoms with Crippen LogP contribution >= 0.6 is 0 Å². The predicted octanol–water partition coefficient (Wildman–Crippen LogP) is 3.81. The summed E-state index contributed by atoms with van der Waals surface area (Å²) in [6.07, 6.45) is 2.93. The number of amides is 2. The third-order valence-corrected chi connectivity index (χ3v) is 6.54. The number of carbonyl (C=O) groups excluding carboxylic acids is 2. The molecule has 0 bridgehead atoms. The van der Waals surface area contributed by atoms with Crippen LogP contribution in [0.25, 0.3) is 11.1 Å². The maximum Gasteiger partial charge on any atom is 0.405 e. The summed E-state index contributed by atoms with van der Waals surface area (Å²) in [5.74, 6) is -0.0599. The largest absolute Gasteiger partial charge is 0.441 e. The van der Waals surface area contributed by atoms with Gasteiger partial charge in [0.15, 0.2) is 0 Å². The van der Waals surface area contributed by atoms with Crippen molar-refractivity contribution in [1.29, 1.82) is 5.26 Å². The van der Waals surface area contributed by atoms with Crippen LogP contribution in [0.15, 0.2) is 30.5 Å². The summed E-state index contributed by atoms with van der Waals surface area (Å²) < 4.78 is 35.6. The summed E-state index contributed by atoms with van der Waals surface area (Å²) in [4.78, 5) is 30.9. The zero-order chi connectivity index (χ0) is 26.0. The molecule has 1 aliphatic heterocycles. The average molecular weight is 500 g/mol. The number of ether oxygens (including phenoxy) is 2. The first-order valence-electron chi connectivity index (χ1n) is 11.6. The maximum atomic E-state index is 13.4. The molecule has 11 heteroatoms. The van der Waals surface area contributed by atoms with Crippen LogP contribution in [0.5, 0.6) is 5.75 Å². The smallest absolute Gasteiger partial charge is 0.405 e. The van der Waals surface area contributed by atoms with Gasteiger partial charge in [0.1, 0.15) is 23.1 Å².